The van der Waals surface area contributed by atoms with Crippen LogP contribution < -0.4 is 0 Å². The molecule has 2 aliphatic heterocycles. The minimum atomic E-state index is -0.130. The number of benzene rings is 1. The molecular formula is C26H18N4O4. The summed E-state index contributed by atoms with van der Waals surface area (Å²) in [6.07, 6.45) is 6.66. The number of aromatic hydroxyl groups is 4. The first-order valence-corrected chi connectivity index (χ1v) is 10.5. The third-order valence-corrected chi connectivity index (χ3v) is 5.76. The van der Waals surface area contributed by atoms with Crippen molar-refractivity contribution in [3.8, 4) is 34.1 Å². The number of H-pyrrole nitrogens is 2. The van der Waals surface area contributed by atoms with E-state index in [4.69, 9.17) is 0 Å². The summed E-state index contributed by atoms with van der Waals surface area (Å²) in [4.78, 5) is 15.1. The minimum Gasteiger partial charge on any atom is -0.508 e. The monoisotopic (exact) mass is 450 g/mol. The van der Waals surface area contributed by atoms with Crippen molar-refractivity contribution in [2.24, 2.45) is 0 Å². The fraction of sp³-hybridized carbons (Fsp3) is 0. The van der Waals surface area contributed by atoms with E-state index in [0.717, 1.165) is 0 Å². The van der Waals surface area contributed by atoms with Gasteiger partial charge in [-0.2, -0.15) is 0 Å². The molecule has 4 aromatic rings. The Morgan fingerprint density at radius 2 is 1.29 bits per heavy atom. The molecule has 166 valence electrons. The van der Waals surface area contributed by atoms with E-state index in [1.807, 2.05) is 12.1 Å². The second-order valence-corrected chi connectivity index (χ2v) is 8.01. The fourth-order valence-electron chi connectivity index (χ4n) is 4.09. The first kappa shape index (κ1) is 19.7. The zero-order valence-corrected chi connectivity index (χ0v) is 17.6. The smallest absolute Gasteiger partial charge is 0.165 e. The molecule has 34 heavy (non-hydrogen) atoms. The predicted molar refractivity (Wildman–Crippen MR) is 131 cm³/mol. The Labute approximate surface area is 192 Å². The lowest BCUT2D eigenvalue weighted by molar-refractivity contribution is 0.472. The van der Waals surface area contributed by atoms with Crippen LogP contribution in [0.4, 0.5) is 0 Å². The Bertz CT molecular complexity index is 1710. The summed E-state index contributed by atoms with van der Waals surface area (Å²) in [5.74, 6) is -0.200. The summed E-state index contributed by atoms with van der Waals surface area (Å²) in [5, 5.41) is 42.6. The third-order valence-electron chi connectivity index (χ3n) is 5.76. The van der Waals surface area contributed by atoms with Crippen molar-refractivity contribution in [3.63, 3.8) is 0 Å². The number of hydrogen-bond acceptors (Lipinski definition) is 6. The van der Waals surface area contributed by atoms with Crippen LogP contribution in [-0.4, -0.2) is 40.4 Å². The second kappa shape index (κ2) is 7.28. The molecule has 0 aliphatic carbocycles. The number of aromatic amines is 2. The number of phenolic OH excluding ortho intramolecular Hbond substituents is 1. The molecule has 0 unspecified atom stereocenters. The van der Waals surface area contributed by atoms with Gasteiger partial charge in [-0.1, -0.05) is 12.1 Å². The number of aromatic nitrogens is 4. The van der Waals surface area contributed by atoms with E-state index in [1.54, 1.807) is 60.7 Å². The number of nitrogens with one attached hydrogen (secondary N) is 2. The predicted octanol–water partition coefficient (Wildman–Crippen LogP) is 5.15. The molecule has 1 aromatic carbocycles. The summed E-state index contributed by atoms with van der Waals surface area (Å²) in [7, 11) is 0. The average molecular weight is 450 g/mol. The van der Waals surface area contributed by atoms with Crippen LogP contribution in [0.5, 0.6) is 23.0 Å². The SMILES string of the molecule is Oc1cccc(-c2cc3cc4nc(c(O)c5ccc([nH]5)c(O)c5nc(c(O)c2[nH]3)C=C5)C=C4)c1. The van der Waals surface area contributed by atoms with Crippen molar-refractivity contribution in [2.45, 2.75) is 0 Å². The van der Waals surface area contributed by atoms with E-state index in [1.165, 1.54) is 0 Å². The van der Waals surface area contributed by atoms with Gasteiger partial charge in [-0.15, -0.1) is 0 Å². The van der Waals surface area contributed by atoms with E-state index in [2.05, 4.69) is 19.9 Å². The third kappa shape index (κ3) is 3.17. The molecule has 8 nitrogen and oxygen atoms in total. The van der Waals surface area contributed by atoms with Gasteiger partial charge in [0.15, 0.2) is 17.2 Å². The van der Waals surface area contributed by atoms with Crippen LogP contribution in [0.3, 0.4) is 0 Å². The standard InChI is InChI=1S/C26H18N4O4/c31-16-3-1-2-13(10-16)17-12-15-11-14-4-5-18(27-14)24(32)19-6-7-20(29-19)25(33)21-8-9-22(30-21)26(34)23(17)28-15/h1-12,28-29,31-34H. The van der Waals surface area contributed by atoms with Crippen molar-refractivity contribution in [1.29, 1.82) is 0 Å². The lowest BCUT2D eigenvalue weighted by Crippen LogP contribution is -1.81. The average Bonchev–Trinajstić information content (AvgIpc) is 3.64. The quantitative estimate of drug-likeness (QED) is 0.205. The van der Waals surface area contributed by atoms with Gasteiger partial charge in [0.25, 0.3) is 0 Å². The molecule has 0 radical (unpaired) electrons. The van der Waals surface area contributed by atoms with Crippen LogP contribution in [0, 0.1) is 0 Å². The Kier molecular flexibility index (Phi) is 4.21. The highest BCUT2D eigenvalue weighted by atomic mass is 16.3. The topological polar surface area (TPSA) is 138 Å². The van der Waals surface area contributed by atoms with Crippen molar-refractivity contribution in [3.05, 3.63) is 71.3 Å². The van der Waals surface area contributed by atoms with E-state index in [0.29, 0.717) is 44.6 Å². The van der Waals surface area contributed by atoms with Crippen LogP contribution >= 0.6 is 0 Å². The molecule has 0 amide bonds. The maximum atomic E-state index is 11.2. The van der Waals surface area contributed by atoms with E-state index in [-0.39, 0.29) is 34.4 Å². The Morgan fingerprint density at radius 1 is 0.618 bits per heavy atom. The van der Waals surface area contributed by atoms with Gasteiger partial charge in [0, 0.05) is 11.1 Å². The van der Waals surface area contributed by atoms with Crippen LogP contribution in [0.25, 0.3) is 57.5 Å². The molecule has 2 aliphatic rings. The second-order valence-electron chi connectivity index (χ2n) is 8.01. The minimum absolute atomic E-state index is 0.0550. The van der Waals surface area contributed by atoms with Crippen LogP contribution in [0.2, 0.25) is 0 Å². The zero-order chi connectivity index (χ0) is 23.4. The maximum Gasteiger partial charge on any atom is 0.165 e. The van der Waals surface area contributed by atoms with Crippen molar-refractivity contribution < 1.29 is 20.4 Å². The van der Waals surface area contributed by atoms with Crippen molar-refractivity contribution >= 4 is 46.4 Å². The van der Waals surface area contributed by atoms with Gasteiger partial charge in [-0.25, -0.2) is 9.97 Å². The Hall–Kier alpha value is -4.98. The van der Waals surface area contributed by atoms with Crippen LogP contribution in [-0.2, 0) is 0 Å². The molecule has 0 spiro atoms. The van der Waals surface area contributed by atoms with Crippen molar-refractivity contribution in [2.75, 3.05) is 0 Å². The zero-order valence-electron chi connectivity index (χ0n) is 17.6. The number of nitrogens with zero attached hydrogens (tertiary/aromatic N) is 2. The summed E-state index contributed by atoms with van der Waals surface area (Å²) >= 11 is 0. The number of phenols is 1. The summed E-state index contributed by atoms with van der Waals surface area (Å²) in [5.41, 5.74) is 4.63. The number of fused-ring (bicyclic) bond motifs is 8. The molecule has 5 heterocycles. The van der Waals surface area contributed by atoms with Gasteiger partial charge in [0.1, 0.15) is 22.8 Å². The van der Waals surface area contributed by atoms with Crippen molar-refractivity contribution in [1.82, 2.24) is 19.9 Å². The summed E-state index contributed by atoms with van der Waals surface area (Å²) < 4.78 is 0. The van der Waals surface area contributed by atoms with E-state index < -0.39 is 0 Å². The molecular weight excluding hydrogens is 432 g/mol. The highest BCUT2D eigenvalue weighted by Gasteiger charge is 2.15. The first-order chi connectivity index (χ1) is 16.5. The Morgan fingerprint density at radius 3 is 2.03 bits per heavy atom. The van der Waals surface area contributed by atoms with Gasteiger partial charge in [0.05, 0.1) is 22.2 Å². The molecule has 0 atom stereocenters. The van der Waals surface area contributed by atoms with Gasteiger partial charge in [-0.05, 0) is 66.3 Å². The van der Waals surface area contributed by atoms with E-state index >= 15 is 0 Å². The van der Waals surface area contributed by atoms with Crippen LogP contribution in [0.15, 0.2) is 48.5 Å². The summed E-state index contributed by atoms with van der Waals surface area (Å²) in [6.45, 7) is 0. The molecule has 0 saturated carbocycles. The van der Waals surface area contributed by atoms with E-state index in [9.17, 15) is 20.4 Å². The normalized spacial score (nSPS) is 12.4. The molecule has 6 rings (SSSR count). The molecule has 8 heteroatoms. The molecule has 3 aromatic heterocycles. The molecule has 8 bridgehead atoms. The van der Waals surface area contributed by atoms with Gasteiger partial charge in [0.2, 0.25) is 0 Å². The molecule has 6 N–H and O–H groups in total. The maximum absolute atomic E-state index is 11.2. The summed E-state index contributed by atoms with van der Waals surface area (Å²) in [6, 6.07) is 13.6. The number of hydrogen-bond donors (Lipinski definition) is 6. The van der Waals surface area contributed by atoms with Gasteiger partial charge in [-0.3, -0.25) is 0 Å². The molecule has 0 fully saturated rings. The van der Waals surface area contributed by atoms with Gasteiger partial charge >= 0.3 is 0 Å². The molecule has 0 saturated heterocycles. The lowest BCUT2D eigenvalue weighted by Gasteiger charge is -2.01. The highest BCUT2D eigenvalue weighted by Crippen LogP contribution is 2.36. The number of rotatable bonds is 1. The van der Waals surface area contributed by atoms with Crippen LogP contribution in [0.1, 0.15) is 22.8 Å². The fourth-order valence-corrected chi connectivity index (χ4v) is 4.09. The van der Waals surface area contributed by atoms with Gasteiger partial charge < -0.3 is 30.4 Å². The largest absolute Gasteiger partial charge is 0.508 e. The highest BCUT2D eigenvalue weighted by molar-refractivity contribution is 5.93. The first-order valence-electron chi connectivity index (χ1n) is 10.5. The Balaban J connectivity index is 1.76. The lowest BCUT2D eigenvalue weighted by atomic mass is 10.1.